The van der Waals surface area contributed by atoms with E-state index >= 15 is 0 Å². The number of aliphatic hydroxyl groups is 1. The lowest BCUT2D eigenvalue weighted by atomic mass is 9.61. The minimum atomic E-state index is -0.582. The number of fused-ring (bicyclic) bond motifs is 1. The molecule has 1 saturated carbocycles. The molecule has 2 rings (SSSR count). The van der Waals surface area contributed by atoms with Gasteiger partial charge in [0.1, 0.15) is 0 Å². The summed E-state index contributed by atoms with van der Waals surface area (Å²) in [6.45, 7) is 8.74. The first-order valence-corrected chi connectivity index (χ1v) is 6.50. The van der Waals surface area contributed by atoms with Gasteiger partial charge in [-0.15, -0.1) is 0 Å². The Labute approximate surface area is 99.3 Å². The maximum Gasteiger partial charge on any atom is 0.0837 e. The highest BCUT2D eigenvalue weighted by molar-refractivity contribution is 5.39. The summed E-state index contributed by atoms with van der Waals surface area (Å²) < 4.78 is 0. The highest BCUT2D eigenvalue weighted by Gasteiger charge is 2.43. The molecule has 0 aromatic rings. The van der Waals surface area contributed by atoms with Gasteiger partial charge in [0.25, 0.3) is 0 Å². The molecule has 2 aliphatic rings. The average molecular weight is 220 g/mol. The Morgan fingerprint density at radius 1 is 1.25 bits per heavy atom. The van der Waals surface area contributed by atoms with Crippen LogP contribution < -0.4 is 0 Å². The van der Waals surface area contributed by atoms with Crippen molar-refractivity contribution in [2.45, 2.75) is 59.0 Å². The van der Waals surface area contributed by atoms with Crippen LogP contribution in [0.15, 0.2) is 23.3 Å². The van der Waals surface area contributed by atoms with Crippen molar-refractivity contribution in [3.8, 4) is 0 Å². The summed E-state index contributed by atoms with van der Waals surface area (Å²) in [6.07, 6.45) is 9.02. The van der Waals surface area contributed by atoms with Crippen molar-refractivity contribution < 1.29 is 5.11 Å². The zero-order chi connectivity index (χ0) is 12.0. The first kappa shape index (κ1) is 11.9. The molecule has 0 bridgehead atoms. The van der Waals surface area contributed by atoms with Gasteiger partial charge in [0.05, 0.1) is 5.60 Å². The monoisotopic (exact) mass is 220 g/mol. The van der Waals surface area contributed by atoms with Crippen LogP contribution in [0, 0.1) is 11.3 Å². The molecule has 90 valence electrons. The third kappa shape index (κ3) is 1.86. The van der Waals surface area contributed by atoms with E-state index in [1.807, 2.05) is 6.92 Å². The number of hydrogen-bond acceptors (Lipinski definition) is 1. The van der Waals surface area contributed by atoms with Crippen molar-refractivity contribution in [2.24, 2.45) is 11.3 Å². The fraction of sp³-hybridized carbons (Fsp3) is 0.733. The van der Waals surface area contributed by atoms with E-state index in [4.69, 9.17) is 0 Å². The van der Waals surface area contributed by atoms with Crippen LogP contribution >= 0.6 is 0 Å². The molecule has 1 nitrogen and oxygen atoms in total. The Morgan fingerprint density at radius 2 is 1.94 bits per heavy atom. The fourth-order valence-electron chi connectivity index (χ4n) is 3.26. The predicted molar refractivity (Wildman–Crippen MR) is 68.2 cm³/mol. The molecular weight excluding hydrogens is 196 g/mol. The normalized spacial score (nSPS) is 39.1. The molecule has 1 heteroatoms. The van der Waals surface area contributed by atoms with Gasteiger partial charge in [0, 0.05) is 0 Å². The molecular formula is C15H24O. The molecule has 0 amide bonds. The topological polar surface area (TPSA) is 20.2 Å². The van der Waals surface area contributed by atoms with E-state index < -0.39 is 5.60 Å². The Kier molecular flexibility index (Phi) is 2.78. The van der Waals surface area contributed by atoms with Gasteiger partial charge < -0.3 is 5.11 Å². The summed E-state index contributed by atoms with van der Waals surface area (Å²) in [4.78, 5) is 0. The second kappa shape index (κ2) is 3.73. The molecule has 0 aromatic heterocycles. The summed E-state index contributed by atoms with van der Waals surface area (Å²) in [6, 6.07) is 0. The SMILES string of the molecule is CC(C)C1=CC[C@@]2(C)CCC[C@@](C)(O)C2=C1. The highest BCUT2D eigenvalue weighted by atomic mass is 16.3. The Morgan fingerprint density at radius 3 is 2.56 bits per heavy atom. The zero-order valence-corrected chi connectivity index (χ0v) is 11.0. The lowest BCUT2D eigenvalue weighted by Gasteiger charge is -2.46. The van der Waals surface area contributed by atoms with Crippen LogP contribution in [0.3, 0.4) is 0 Å². The average Bonchev–Trinajstić information content (AvgIpc) is 2.15. The molecule has 0 aromatic carbocycles. The van der Waals surface area contributed by atoms with E-state index in [1.165, 1.54) is 17.6 Å². The quantitative estimate of drug-likeness (QED) is 0.712. The van der Waals surface area contributed by atoms with Gasteiger partial charge in [0.15, 0.2) is 0 Å². The molecule has 1 N–H and O–H groups in total. The van der Waals surface area contributed by atoms with Crippen molar-refractivity contribution in [1.82, 2.24) is 0 Å². The lowest BCUT2D eigenvalue weighted by molar-refractivity contribution is 0.0345. The Balaban J connectivity index is 2.40. The molecule has 2 aliphatic carbocycles. The highest BCUT2D eigenvalue weighted by Crippen LogP contribution is 2.51. The molecule has 0 radical (unpaired) electrons. The van der Waals surface area contributed by atoms with Crippen molar-refractivity contribution in [3.63, 3.8) is 0 Å². The Hall–Kier alpha value is -0.560. The largest absolute Gasteiger partial charge is 0.386 e. The molecule has 0 saturated heterocycles. The van der Waals surface area contributed by atoms with Gasteiger partial charge >= 0.3 is 0 Å². The van der Waals surface area contributed by atoms with E-state index in [9.17, 15) is 5.11 Å². The van der Waals surface area contributed by atoms with Gasteiger partial charge in [0.2, 0.25) is 0 Å². The van der Waals surface area contributed by atoms with Crippen LogP contribution in [0.4, 0.5) is 0 Å². The first-order chi connectivity index (χ1) is 7.35. The van der Waals surface area contributed by atoms with Crippen LogP contribution in [0.5, 0.6) is 0 Å². The number of hydrogen-bond donors (Lipinski definition) is 1. The summed E-state index contributed by atoms with van der Waals surface area (Å²) in [7, 11) is 0. The van der Waals surface area contributed by atoms with Crippen molar-refractivity contribution in [2.75, 3.05) is 0 Å². The van der Waals surface area contributed by atoms with E-state index in [0.29, 0.717) is 5.92 Å². The third-order valence-electron chi connectivity index (χ3n) is 4.39. The van der Waals surface area contributed by atoms with Gasteiger partial charge in [-0.1, -0.05) is 32.9 Å². The maximum absolute atomic E-state index is 10.5. The van der Waals surface area contributed by atoms with Gasteiger partial charge in [-0.3, -0.25) is 0 Å². The van der Waals surface area contributed by atoms with Gasteiger partial charge in [-0.25, -0.2) is 0 Å². The minimum Gasteiger partial charge on any atom is -0.386 e. The molecule has 2 atom stereocenters. The smallest absolute Gasteiger partial charge is 0.0837 e. The lowest BCUT2D eigenvalue weighted by Crippen LogP contribution is -2.42. The molecule has 0 spiro atoms. The molecule has 0 heterocycles. The van der Waals surface area contributed by atoms with Crippen molar-refractivity contribution in [1.29, 1.82) is 0 Å². The van der Waals surface area contributed by atoms with Crippen LogP contribution in [-0.2, 0) is 0 Å². The van der Waals surface area contributed by atoms with Crippen LogP contribution in [-0.4, -0.2) is 10.7 Å². The Bertz CT molecular complexity index is 346. The minimum absolute atomic E-state index is 0.208. The maximum atomic E-state index is 10.5. The third-order valence-corrected chi connectivity index (χ3v) is 4.39. The van der Waals surface area contributed by atoms with Crippen molar-refractivity contribution >= 4 is 0 Å². The molecule has 1 fully saturated rings. The predicted octanol–water partition coefficient (Wildman–Crippen LogP) is 3.84. The van der Waals surface area contributed by atoms with E-state index in [-0.39, 0.29) is 5.41 Å². The van der Waals surface area contributed by atoms with E-state index in [0.717, 1.165) is 19.3 Å². The number of rotatable bonds is 1. The van der Waals surface area contributed by atoms with Gasteiger partial charge in [-0.05, 0) is 55.1 Å². The molecule has 0 unspecified atom stereocenters. The zero-order valence-electron chi connectivity index (χ0n) is 11.0. The molecule has 16 heavy (non-hydrogen) atoms. The van der Waals surface area contributed by atoms with E-state index in [2.05, 4.69) is 32.9 Å². The first-order valence-electron chi connectivity index (χ1n) is 6.50. The molecule has 0 aliphatic heterocycles. The van der Waals surface area contributed by atoms with E-state index in [1.54, 1.807) is 0 Å². The summed E-state index contributed by atoms with van der Waals surface area (Å²) in [5.41, 5.74) is 2.30. The number of allylic oxidation sites excluding steroid dienone is 3. The second-order valence-corrected chi connectivity index (χ2v) is 6.31. The second-order valence-electron chi connectivity index (χ2n) is 6.31. The summed E-state index contributed by atoms with van der Waals surface area (Å²) in [5.74, 6) is 0.565. The standard InChI is InChI=1S/C15H24O/c1-11(2)12-6-9-14(3)7-5-8-15(4,16)13(14)10-12/h6,10-11,16H,5,7-9H2,1-4H3/t14-,15-/m1/s1. The van der Waals surface area contributed by atoms with Gasteiger partial charge in [-0.2, -0.15) is 0 Å². The summed E-state index contributed by atoms with van der Waals surface area (Å²) in [5, 5.41) is 10.5. The van der Waals surface area contributed by atoms with Crippen molar-refractivity contribution in [3.05, 3.63) is 23.3 Å². The van der Waals surface area contributed by atoms with Crippen LogP contribution in [0.1, 0.15) is 53.4 Å². The van der Waals surface area contributed by atoms with Crippen LogP contribution in [0.25, 0.3) is 0 Å². The summed E-state index contributed by atoms with van der Waals surface area (Å²) >= 11 is 0. The van der Waals surface area contributed by atoms with Crippen LogP contribution in [0.2, 0.25) is 0 Å². The fourth-order valence-corrected chi connectivity index (χ4v) is 3.26.